The summed E-state index contributed by atoms with van der Waals surface area (Å²) < 4.78 is 0. The molecule has 3 atom stereocenters. The fourth-order valence-electron chi connectivity index (χ4n) is 4.02. The summed E-state index contributed by atoms with van der Waals surface area (Å²) in [5.41, 5.74) is 2.00. The van der Waals surface area contributed by atoms with Crippen LogP contribution in [-0.2, 0) is 4.79 Å². The Hall–Kier alpha value is -1.09. The monoisotopic (exact) mass is 244 g/mol. The predicted octanol–water partition coefficient (Wildman–Crippen LogP) is 1.47. The van der Waals surface area contributed by atoms with E-state index in [1.165, 1.54) is 18.5 Å². The first-order valence-corrected chi connectivity index (χ1v) is 7.19. The predicted molar refractivity (Wildman–Crippen MR) is 70.0 cm³/mol. The highest BCUT2D eigenvalue weighted by Gasteiger charge is 2.58. The first-order chi connectivity index (χ1) is 8.79. The molecule has 2 aliphatic heterocycles. The molecule has 0 radical (unpaired) electrons. The van der Waals surface area contributed by atoms with E-state index in [9.17, 15) is 4.79 Å². The van der Waals surface area contributed by atoms with Crippen LogP contribution in [0.4, 0.5) is 0 Å². The summed E-state index contributed by atoms with van der Waals surface area (Å²) in [7, 11) is 0. The van der Waals surface area contributed by atoms with Crippen LogP contribution in [0, 0.1) is 11.3 Å². The first-order valence-electron chi connectivity index (χ1n) is 7.19. The summed E-state index contributed by atoms with van der Waals surface area (Å²) in [5, 5.41) is 3.49. The second kappa shape index (κ2) is 3.70. The van der Waals surface area contributed by atoms with Gasteiger partial charge in [-0.2, -0.15) is 0 Å². The molecule has 18 heavy (non-hydrogen) atoms. The Morgan fingerprint density at radius 2 is 2.39 bits per heavy atom. The van der Waals surface area contributed by atoms with Gasteiger partial charge in [-0.25, -0.2) is 0 Å². The molecule has 0 aromatic heterocycles. The lowest BCUT2D eigenvalue weighted by atomic mass is 9.89. The fraction of sp³-hybridized carbons (Fsp3) is 0.667. The molecule has 0 aromatic rings. The number of hydrogen-bond acceptors (Lipinski definition) is 2. The van der Waals surface area contributed by atoms with E-state index in [0.717, 1.165) is 38.3 Å². The standard InChI is InChI=1S/C15H20N2O/c18-14-2-1-7-17(14)13-5-3-11(4-6-13)15-8-12(15)9-16-10-15/h3-5,12-13,16H,1-2,6-10H2. The van der Waals surface area contributed by atoms with Gasteiger partial charge in [-0.05, 0) is 37.3 Å². The van der Waals surface area contributed by atoms with Crippen LogP contribution in [0.15, 0.2) is 23.8 Å². The van der Waals surface area contributed by atoms with Crippen molar-refractivity contribution in [1.82, 2.24) is 10.2 Å². The summed E-state index contributed by atoms with van der Waals surface area (Å²) in [5.74, 6) is 1.21. The molecule has 1 saturated carbocycles. The Morgan fingerprint density at radius 3 is 2.94 bits per heavy atom. The Kier molecular flexibility index (Phi) is 2.22. The van der Waals surface area contributed by atoms with Crippen LogP contribution in [0.2, 0.25) is 0 Å². The number of amides is 1. The van der Waals surface area contributed by atoms with Gasteiger partial charge in [0.25, 0.3) is 0 Å². The molecule has 1 N–H and O–H groups in total. The number of fused-ring (bicyclic) bond motifs is 1. The summed E-state index contributed by atoms with van der Waals surface area (Å²) in [6.45, 7) is 3.30. The summed E-state index contributed by atoms with van der Waals surface area (Å²) in [6.07, 6.45) is 11.1. The molecular formula is C15H20N2O. The van der Waals surface area contributed by atoms with Gasteiger partial charge in [-0.1, -0.05) is 18.2 Å². The zero-order valence-electron chi connectivity index (χ0n) is 10.7. The van der Waals surface area contributed by atoms with Gasteiger partial charge >= 0.3 is 0 Å². The average molecular weight is 244 g/mol. The van der Waals surface area contributed by atoms with Crippen LogP contribution in [0.3, 0.4) is 0 Å². The van der Waals surface area contributed by atoms with Crippen molar-refractivity contribution < 1.29 is 4.79 Å². The quantitative estimate of drug-likeness (QED) is 0.798. The van der Waals surface area contributed by atoms with Crippen molar-refractivity contribution >= 4 is 5.91 Å². The van der Waals surface area contributed by atoms with E-state index >= 15 is 0 Å². The third kappa shape index (κ3) is 1.43. The zero-order valence-corrected chi connectivity index (χ0v) is 10.7. The second-order valence-electron chi connectivity index (χ2n) is 6.20. The van der Waals surface area contributed by atoms with E-state index in [1.807, 2.05) is 0 Å². The molecule has 1 amide bonds. The van der Waals surface area contributed by atoms with Crippen LogP contribution >= 0.6 is 0 Å². The van der Waals surface area contributed by atoms with Gasteiger partial charge in [-0.3, -0.25) is 4.79 Å². The molecule has 2 aliphatic carbocycles. The maximum absolute atomic E-state index is 11.7. The molecular weight excluding hydrogens is 224 g/mol. The summed E-state index contributed by atoms with van der Waals surface area (Å²) in [6, 6.07) is 0.326. The van der Waals surface area contributed by atoms with Crippen molar-refractivity contribution in [1.29, 1.82) is 0 Å². The molecule has 0 bridgehead atoms. The number of rotatable bonds is 2. The second-order valence-corrected chi connectivity index (χ2v) is 6.20. The molecule has 3 heteroatoms. The van der Waals surface area contributed by atoms with E-state index in [2.05, 4.69) is 28.4 Å². The minimum Gasteiger partial charge on any atom is -0.336 e. The fourth-order valence-corrected chi connectivity index (χ4v) is 4.02. The zero-order chi connectivity index (χ0) is 12.2. The number of hydrogen-bond donors (Lipinski definition) is 1. The minimum atomic E-state index is 0.326. The van der Waals surface area contributed by atoms with Crippen molar-refractivity contribution in [3.63, 3.8) is 0 Å². The molecule has 3 fully saturated rings. The smallest absolute Gasteiger partial charge is 0.223 e. The number of nitrogens with zero attached hydrogens (tertiary/aromatic N) is 1. The Balaban J connectivity index is 1.48. The number of likely N-dealkylation sites (tertiary alicyclic amines) is 1. The molecule has 4 aliphatic rings. The van der Waals surface area contributed by atoms with Crippen LogP contribution in [0.25, 0.3) is 0 Å². The summed E-state index contributed by atoms with van der Waals surface area (Å²) >= 11 is 0. The van der Waals surface area contributed by atoms with Gasteiger partial charge in [0.15, 0.2) is 0 Å². The lowest BCUT2D eigenvalue weighted by Crippen LogP contribution is -2.35. The minimum absolute atomic E-state index is 0.326. The van der Waals surface area contributed by atoms with Crippen molar-refractivity contribution in [2.75, 3.05) is 19.6 Å². The highest BCUT2D eigenvalue weighted by atomic mass is 16.2. The Bertz CT molecular complexity index is 453. The lowest BCUT2D eigenvalue weighted by molar-refractivity contribution is -0.128. The highest BCUT2D eigenvalue weighted by Crippen LogP contribution is 2.60. The number of allylic oxidation sites excluding steroid dienone is 1. The number of nitrogens with one attached hydrogen (secondary N) is 1. The van der Waals surface area contributed by atoms with Gasteiger partial charge in [0.2, 0.25) is 5.91 Å². The van der Waals surface area contributed by atoms with Gasteiger partial charge in [0.1, 0.15) is 0 Å². The maximum atomic E-state index is 11.7. The molecule has 0 spiro atoms. The van der Waals surface area contributed by atoms with Gasteiger partial charge in [-0.15, -0.1) is 0 Å². The van der Waals surface area contributed by atoms with E-state index in [-0.39, 0.29) is 0 Å². The Labute approximate surface area is 108 Å². The summed E-state index contributed by atoms with van der Waals surface area (Å²) in [4.78, 5) is 13.8. The van der Waals surface area contributed by atoms with Crippen LogP contribution in [0.1, 0.15) is 25.7 Å². The molecule has 0 aromatic carbocycles. The lowest BCUT2D eigenvalue weighted by Gasteiger charge is -2.28. The SMILES string of the molecule is O=C1CCCN1C1C=CC(C23CNCC2C3)=CC1. The molecule has 96 valence electrons. The van der Waals surface area contributed by atoms with Crippen LogP contribution < -0.4 is 5.32 Å². The van der Waals surface area contributed by atoms with Crippen molar-refractivity contribution in [2.24, 2.45) is 11.3 Å². The molecule has 4 rings (SSSR count). The number of carbonyl (C=O) groups excluding carboxylic acids is 1. The normalized spacial score (nSPS) is 42.1. The van der Waals surface area contributed by atoms with Crippen molar-refractivity contribution in [2.45, 2.75) is 31.7 Å². The highest BCUT2D eigenvalue weighted by molar-refractivity contribution is 5.78. The third-order valence-corrected chi connectivity index (χ3v) is 5.23. The number of piperidine rings is 1. The Morgan fingerprint density at radius 1 is 1.44 bits per heavy atom. The van der Waals surface area contributed by atoms with Crippen LogP contribution in [-0.4, -0.2) is 36.5 Å². The van der Waals surface area contributed by atoms with Gasteiger partial charge < -0.3 is 10.2 Å². The van der Waals surface area contributed by atoms with E-state index < -0.39 is 0 Å². The first kappa shape index (κ1) is 10.8. The molecule has 3 unspecified atom stereocenters. The molecule has 3 nitrogen and oxygen atoms in total. The maximum Gasteiger partial charge on any atom is 0.223 e. The average Bonchev–Trinajstić information content (AvgIpc) is 2.74. The third-order valence-electron chi connectivity index (χ3n) is 5.23. The van der Waals surface area contributed by atoms with Crippen molar-refractivity contribution in [3.8, 4) is 0 Å². The van der Waals surface area contributed by atoms with Crippen molar-refractivity contribution in [3.05, 3.63) is 23.8 Å². The van der Waals surface area contributed by atoms with Gasteiger partial charge in [0.05, 0.1) is 6.04 Å². The van der Waals surface area contributed by atoms with Gasteiger partial charge in [0, 0.05) is 24.9 Å². The number of carbonyl (C=O) groups is 1. The van der Waals surface area contributed by atoms with E-state index in [1.54, 1.807) is 0 Å². The molecule has 2 saturated heterocycles. The largest absolute Gasteiger partial charge is 0.336 e. The topological polar surface area (TPSA) is 32.3 Å². The van der Waals surface area contributed by atoms with E-state index in [0.29, 0.717) is 17.4 Å². The molecule has 2 heterocycles. The van der Waals surface area contributed by atoms with Crippen LogP contribution in [0.5, 0.6) is 0 Å². The van der Waals surface area contributed by atoms with E-state index in [4.69, 9.17) is 0 Å².